The van der Waals surface area contributed by atoms with E-state index in [1.165, 1.54) is 38.5 Å². The van der Waals surface area contributed by atoms with E-state index in [-0.39, 0.29) is 49.6 Å². The van der Waals surface area contributed by atoms with Crippen LogP contribution < -0.4 is 22.1 Å². The van der Waals surface area contributed by atoms with Crippen molar-refractivity contribution in [3.8, 4) is 0 Å². The van der Waals surface area contributed by atoms with E-state index in [2.05, 4.69) is 24.5 Å². The fourth-order valence-corrected chi connectivity index (χ4v) is 2.36. The van der Waals surface area contributed by atoms with Gasteiger partial charge in [0.2, 0.25) is 0 Å². The summed E-state index contributed by atoms with van der Waals surface area (Å²) in [6.07, 6.45) is 10.2. The molecule has 0 aliphatic heterocycles. The van der Waals surface area contributed by atoms with E-state index >= 15 is 0 Å². The van der Waals surface area contributed by atoms with Crippen LogP contribution in [-0.4, -0.2) is 38.3 Å². The number of hydrogen-bond donors (Lipinski definition) is 4. The highest BCUT2D eigenvalue weighted by Gasteiger charge is 1.99. The molecular weight excluding hydrogens is 390 g/mol. The van der Waals surface area contributed by atoms with Crippen molar-refractivity contribution in [1.82, 2.24) is 10.6 Å². The maximum atomic E-state index is 5.52. The molecule has 4 nitrogen and oxygen atoms in total. The summed E-state index contributed by atoms with van der Waals surface area (Å²) in [5.74, 6) is 0. The minimum absolute atomic E-state index is 0. The molecule has 2 atom stereocenters. The lowest BCUT2D eigenvalue weighted by atomic mass is 10.1. The Hall–Kier alpha value is 1.00. The summed E-state index contributed by atoms with van der Waals surface area (Å²) in [6.45, 7) is 8.27. The van der Waals surface area contributed by atoms with Crippen molar-refractivity contribution >= 4 is 49.6 Å². The molecule has 0 heterocycles. The molecule has 0 spiro atoms. The maximum absolute atomic E-state index is 5.52. The first-order chi connectivity index (χ1) is 9.70. The van der Waals surface area contributed by atoms with Gasteiger partial charge in [-0.1, -0.05) is 25.7 Å². The maximum Gasteiger partial charge on any atom is 0.00507 e. The Morgan fingerprint density at radius 1 is 0.583 bits per heavy atom. The van der Waals surface area contributed by atoms with Crippen LogP contribution in [0.2, 0.25) is 0 Å². The monoisotopic (exact) mass is 430 g/mol. The van der Waals surface area contributed by atoms with Crippen molar-refractivity contribution < 1.29 is 0 Å². The van der Waals surface area contributed by atoms with Gasteiger partial charge in [-0.3, -0.25) is 0 Å². The van der Waals surface area contributed by atoms with E-state index in [0.717, 1.165) is 39.0 Å². The van der Waals surface area contributed by atoms with Gasteiger partial charge in [-0.25, -0.2) is 0 Å². The van der Waals surface area contributed by atoms with Gasteiger partial charge in [0.1, 0.15) is 0 Å². The zero-order chi connectivity index (χ0) is 15.1. The topological polar surface area (TPSA) is 76.1 Å². The fourth-order valence-electron chi connectivity index (χ4n) is 2.36. The van der Waals surface area contributed by atoms with Gasteiger partial charge in [-0.05, 0) is 65.7 Å². The van der Waals surface area contributed by atoms with Crippen molar-refractivity contribution in [2.24, 2.45) is 11.5 Å². The molecule has 0 aromatic carbocycles. The van der Waals surface area contributed by atoms with Crippen LogP contribution in [0, 0.1) is 0 Å². The minimum Gasteiger partial charge on any atom is -0.330 e. The molecule has 0 aliphatic rings. The molecule has 0 amide bonds. The Bertz CT molecular complexity index is 183. The lowest BCUT2D eigenvalue weighted by molar-refractivity contribution is 0.482. The quantitative estimate of drug-likeness (QED) is 0.298. The first kappa shape index (κ1) is 36.0. The van der Waals surface area contributed by atoms with E-state index in [1.54, 1.807) is 0 Å². The second-order valence-electron chi connectivity index (χ2n) is 5.99. The number of nitrogens with two attached hydrogens (primary N) is 2. The van der Waals surface area contributed by atoms with E-state index < -0.39 is 0 Å². The minimum atomic E-state index is 0. The van der Waals surface area contributed by atoms with Crippen molar-refractivity contribution in [1.29, 1.82) is 0 Å². The molecule has 0 aromatic heterocycles. The van der Waals surface area contributed by atoms with Gasteiger partial charge in [-0.15, -0.1) is 49.6 Å². The molecule has 0 radical (unpaired) electrons. The molecule has 0 bridgehead atoms. The highest BCUT2D eigenvalue weighted by atomic mass is 35.5. The standard InChI is InChI=1S/C16H38N4.4ClH/c1-15(9-11-17)19-13-7-5-3-4-6-8-14-20-16(2)10-12-18;;;;/h15-16,19-20H,3-14,17-18H2,1-2H3;4*1H. The first-order valence-corrected chi connectivity index (χ1v) is 8.57. The van der Waals surface area contributed by atoms with Crippen molar-refractivity contribution in [3.05, 3.63) is 0 Å². The summed E-state index contributed by atoms with van der Waals surface area (Å²) in [4.78, 5) is 0. The third kappa shape index (κ3) is 27.8. The van der Waals surface area contributed by atoms with Gasteiger partial charge in [-0.2, -0.15) is 0 Å². The van der Waals surface area contributed by atoms with Gasteiger partial charge in [0.05, 0.1) is 0 Å². The van der Waals surface area contributed by atoms with Gasteiger partial charge >= 0.3 is 0 Å². The molecule has 154 valence electrons. The van der Waals surface area contributed by atoms with Gasteiger partial charge in [0.15, 0.2) is 0 Å². The summed E-state index contributed by atoms with van der Waals surface area (Å²) in [5, 5.41) is 7.04. The second-order valence-corrected chi connectivity index (χ2v) is 5.99. The van der Waals surface area contributed by atoms with Crippen molar-refractivity contribution in [2.75, 3.05) is 26.2 Å². The SMILES string of the molecule is CC(CCN)NCCCCCCCCNC(C)CCN.Cl.Cl.Cl.Cl. The highest BCUT2D eigenvalue weighted by molar-refractivity contribution is 5.86. The molecule has 0 saturated heterocycles. The van der Waals surface area contributed by atoms with Crippen molar-refractivity contribution in [2.45, 2.75) is 77.3 Å². The lowest BCUT2D eigenvalue weighted by Gasteiger charge is -2.12. The molecule has 24 heavy (non-hydrogen) atoms. The Morgan fingerprint density at radius 2 is 0.875 bits per heavy atom. The average Bonchev–Trinajstić information content (AvgIpc) is 2.41. The largest absolute Gasteiger partial charge is 0.330 e. The molecule has 0 aromatic rings. The Morgan fingerprint density at radius 3 is 1.17 bits per heavy atom. The Labute approximate surface area is 175 Å². The van der Waals surface area contributed by atoms with E-state index in [4.69, 9.17) is 11.5 Å². The van der Waals surface area contributed by atoms with E-state index in [9.17, 15) is 0 Å². The number of hydrogen-bond acceptors (Lipinski definition) is 4. The molecular formula is C16H42Cl4N4. The summed E-state index contributed by atoms with van der Waals surface area (Å²) < 4.78 is 0. The van der Waals surface area contributed by atoms with Crippen LogP contribution in [0.4, 0.5) is 0 Å². The number of halogens is 4. The third-order valence-corrected chi connectivity index (χ3v) is 3.79. The van der Waals surface area contributed by atoms with Crippen LogP contribution in [-0.2, 0) is 0 Å². The Kier molecular flexibility index (Phi) is 43.2. The van der Waals surface area contributed by atoms with E-state index in [1.807, 2.05) is 0 Å². The average molecular weight is 432 g/mol. The first-order valence-electron chi connectivity index (χ1n) is 8.57. The summed E-state index contributed by atoms with van der Waals surface area (Å²) in [7, 11) is 0. The number of rotatable bonds is 15. The zero-order valence-corrected chi connectivity index (χ0v) is 18.7. The molecule has 0 fully saturated rings. The lowest BCUT2D eigenvalue weighted by Crippen LogP contribution is -2.29. The highest BCUT2D eigenvalue weighted by Crippen LogP contribution is 2.05. The molecule has 0 saturated carbocycles. The van der Waals surface area contributed by atoms with Gasteiger partial charge < -0.3 is 22.1 Å². The smallest absolute Gasteiger partial charge is 0.00507 e. The molecule has 2 unspecified atom stereocenters. The second kappa shape index (κ2) is 28.8. The van der Waals surface area contributed by atoms with Crippen LogP contribution >= 0.6 is 49.6 Å². The van der Waals surface area contributed by atoms with Gasteiger partial charge in [0.25, 0.3) is 0 Å². The molecule has 0 aliphatic carbocycles. The molecule has 8 heteroatoms. The Balaban J connectivity index is -0.000000301. The summed E-state index contributed by atoms with van der Waals surface area (Å²) in [5.41, 5.74) is 11.0. The predicted octanol–water partition coefficient (Wildman–Crippen LogP) is 3.67. The third-order valence-electron chi connectivity index (χ3n) is 3.79. The number of nitrogens with one attached hydrogen (secondary N) is 2. The number of unbranched alkanes of at least 4 members (excludes halogenated alkanes) is 5. The molecule has 0 rings (SSSR count). The van der Waals surface area contributed by atoms with E-state index in [0.29, 0.717) is 12.1 Å². The predicted molar refractivity (Wildman–Crippen MR) is 119 cm³/mol. The summed E-state index contributed by atoms with van der Waals surface area (Å²) >= 11 is 0. The van der Waals surface area contributed by atoms with Crippen LogP contribution in [0.3, 0.4) is 0 Å². The zero-order valence-electron chi connectivity index (χ0n) is 15.4. The summed E-state index contributed by atoms with van der Waals surface area (Å²) in [6, 6.07) is 1.14. The van der Waals surface area contributed by atoms with Crippen LogP contribution in [0.1, 0.15) is 65.2 Å². The van der Waals surface area contributed by atoms with Crippen molar-refractivity contribution in [3.63, 3.8) is 0 Å². The van der Waals surface area contributed by atoms with Crippen LogP contribution in [0.5, 0.6) is 0 Å². The fraction of sp³-hybridized carbons (Fsp3) is 1.00. The van der Waals surface area contributed by atoms with Crippen LogP contribution in [0.15, 0.2) is 0 Å². The van der Waals surface area contributed by atoms with Crippen LogP contribution in [0.25, 0.3) is 0 Å². The van der Waals surface area contributed by atoms with Gasteiger partial charge in [0, 0.05) is 12.1 Å². The molecule has 6 N–H and O–H groups in total. The normalized spacial score (nSPS) is 12.0.